The minimum Gasteiger partial charge on any atom is -0.343 e. The van der Waals surface area contributed by atoms with Gasteiger partial charge in [0.25, 0.3) is 5.91 Å². The standard InChI is InChI=1S/C17H17FN2O/c18-14-7-5-13(6-8-14)17(9-10-17)20-16(21)15-4-2-1-3-12(15)11-19/h1-8H,9-11,19H2,(H,20,21). The number of hydrogen-bond acceptors (Lipinski definition) is 2. The molecule has 0 spiro atoms. The van der Waals surface area contributed by atoms with E-state index in [0.717, 1.165) is 24.0 Å². The van der Waals surface area contributed by atoms with Gasteiger partial charge in [-0.1, -0.05) is 30.3 Å². The van der Waals surface area contributed by atoms with Crippen LogP contribution in [0.4, 0.5) is 4.39 Å². The third-order valence-electron chi connectivity index (χ3n) is 3.98. The Labute approximate surface area is 123 Å². The van der Waals surface area contributed by atoms with Crippen molar-refractivity contribution in [2.45, 2.75) is 24.9 Å². The van der Waals surface area contributed by atoms with Crippen LogP contribution in [0, 0.1) is 5.82 Å². The maximum absolute atomic E-state index is 13.0. The highest BCUT2D eigenvalue weighted by Gasteiger charge is 2.45. The van der Waals surface area contributed by atoms with Crippen LogP contribution in [-0.2, 0) is 12.1 Å². The van der Waals surface area contributed by atoms with Gasteiger partial charge in [0.2, 0.25) is 0 Å². The van der Waals surface area contributed by atoms with Gasteiger partial charge in [0.05, 0.1) is 5.54 Å². The summed E-state index contributed by atoms with van der Waals surface area (Å²) in [4.78, 5) is 12.5. The maximum Gasteiger partial charge on any atom is 0.252 e. The van der Waals surface area contributed by atoms with Gasteiger partial charge in [-0.05, 0) is 42.2 Å². The molecule has 2 aromatic rings. The molecule has 2 aromatic carbocycles. The highest BCUT2D eigenvalue weighted by molar-refractivity contribution is 5.96. The molecule has 1 amide bonds. The van der Waals surface area contributed by atoms with Crippen LogP contribution < -0.4 is 11.1 Å². The molecular formula is C17H17FN2O. The summed E-state index contributed by atoms with van der Waals surface area (Å²) in [6.45, 7) is 0.327. The van der Waals surface area contributed by atoms with E-state index in [-0.39, 0.29) is 17.3 Å². The lowest BCUT2D eigenvalue weighted by Crippen LogP contribution is -2.35. The van der Waals surface area contributed by atoms with Crippen LogP contribution in [0.3, 0.4) is 0 Å². The molecule has 3 nitrogen and oxygen atoms in total. The molecule has 0 saturated heterocycles. The van der Waals surface area contributed by atoms with Gasteiger partial charge in [-0.25, -0.2) is 4.39 Å². The van der Waals surface area contributed by atoms with Crippen molar-refractivity contribution in [3.63, 3.8) is 0 Å². The summed E-state index contributed by atoms with van der Waals surface area (Å²) in [7, 11) is 0. The summed E-state index contributed by atoms with van der Waals surface area (Å²) in [5, 5.41) is 3.08. The first-order valence-corrected chi connectivity index (χ1v) is 7.01. The van der Waals surface area contributed by atoms with Gasteiger partial charge in [-0.15, -0.1) is 0 Å². The summed E-state index contributed by atoms with van der Waals surface area (Å²) in [5.74, 6) is -0.396. The fourth-order valence-electron chi connectivity index (χ4n) is 2.58. The first-order chi connectivity index (χ1) is 10.1. The Kier molecular flexibility index (Phi) is 3.47. The minimum absolute atomic E-state index is 0.127. The number of benzene rings is 2. The second kappa shape index (κ2) is 5.30. The summed E-state index contributed by atoms with van der Waals surface area (Å²) in [6.07, 6.45) is 1.74. The van der Waals surface area contributed by atoms with Crippen LogP contribution in [0.15, 0.2) is 48.5 Å². The molecule has 108 valence electrons. The molecule has 3 rings (SSSR count). The molecule has 1 aliphatic rings. The molecular weight excluding hydrogens is 267 g/mol. The van der Waals surface area contributed by atoms with Crippen molar-refractivity contribution in [1.82, 2.24) is 5.32 Å². The second-order valence-electron chi connectivity index (χ2n) is 5.40. The maximum atomic E-state index is 13.0. The van der Waals surface area contributed by atoms with E-state index in [4.69, 9.17) is 5.73 Å². The van der Waals surface area contributed by atoms with Gasteiger partial charge in [0, 0.05) is 12.1 Å². The number of nitrogens with two attached hydrogens (primary N) is 1. The van der Waals surface area contributed by atoms with Gasteiger partial charge in [0.1, 0.15) is 5.82 Å². The Morgan fingerprint density at radius 2 is 1.81 bits per heavy atom. The topological polar surface area (TPSA) is 55.1 Å². The molecule has 3 N–H and O–H groups in total. The van der Waals surface area contributed by atoms with Crippen molar-refractivity contribution in [2.75, 3.05) is 0 Å². The summed E-state index contributed by atoms with van der Waals surface area (Å²) in [6, 6.07) is 13.6. The second-order valence-corrected chi connectivity index (χ2v) is 5.40. The Morgan fingerprint density at radius 1 is 1.14 bits per heavy atom. The van der Waals surface area contributed by atoms with Crippen LogP contribution in [0.1, 0.15) is 34.3 Å². The highest BCUT2D eigenvalue weighted by Crippen LogP contribution is 2.45. The Hall–Kier alpha value is -2.20. The largest absolute Gasteiger partial charge is 0.343 e. The van der Waals surface area contributed by atoms with Crippen molar-refractivity contribution >= 4 is 5.91 Å². The third-order valence-corrected chi connectivity index (χ3v) is 3.98. The molecule has 21 heavy (non-hydrogen) atoms. The van der Waals surface area contributed by atoms with Crippen molar-refractivity contribution < 1.29 is 9.18 Å². The van der Waals surface area contributed by atoms with E-state index in [1.165, 1.54) is 12.1 Å². The SMILES string of the molecule is NCc1ccccc1C(=O)NC1(c2ccc(F)cc2)CC1. The lowest BCUT2D eigenvalue weighted by molar-refractivity contribution is 0.0930. The molecule has 0 aromatic heterocycles. The van der Waals surface area contributed by atoms with Crippen LogP contribution in [0.5, 0.6) is 0 Å². The van der Waals surface area contributed by atoms with Gasteiger partial charge < -0.3 is 11.1 Å². The third kappa shape index (κ3) is 2.67. The van der Waals surface area contributed by atoms with Gasteiger partial charge in [-0.3, -0.25) is 4.79 Å². The van der Waals surface area contributed by atoms with E-state index in [1.54, 1.807) is 18.2 Å². The number of rotatable bonds is 4. The zero-order valence-electron chi connectivity index (χ0n) is 11.6. The van der Waals surface area contributed by atoms with Crippen molar-refractivity contribution in [3.8, 4) is 0 Å². The zero-order valence-corrected chi connectivity index (χ0v) is 11.6. The van der Waals surface area contributed by atoms with Gasteiger partial charge in [0.15, 0.2) is 0 Å². The van der Waals surface area contributed by atoms with E-state index in [2.05, 4.69) is 5.32 Å². The number of nitrogens with one attached hydrogen (secondary N) is 1. The molecule has 1 aliphatic carbocycles. The lowest BCUT2D eigenvalue weighted by atomic mass is 10.0. The summed E-state index contributed by atoms with van der Waals surface area (Å²) < 4.78 is 13.0. The smallest absolute Gasteiger partial charge is 0.252 e. The van der Waals surface area contributed by atoms with Crippen molar-refractivity contribution in [1.29, 1.82) is 0 Å². The average molecular weight is 284 g/mol. The quantitative estimate of drug-likeness (QED) is 0.907. The van der Waals surface area contributed by atoms with E-state index >= 15 is 0 Å². The number of carbonyl (C=O) groups is 1. The molecule has 1 saturated carbocycles. The molecule has 1 fully saturated rings. The normalized spacial score (nSPS) is 15.5. The first-order valence-electron chi connectivity index (χ1n) is 7.01. The first kappa shape index (κ1) is 13.8. The van der Waals surface area contributed by atoms with E-state index in [9.17, 15) is 9.18 Å². The fourth-order valence-corrected chi connectivity index (χ4v) is 2.58. The van der Waals surface area contributed by atoms with Crippen LogP contribution >= 0.6 is 0 Å². The van der Waals surface area contributed by atoms with E-state index in [1.807, 2.05) is 18.2 Å². The van der Waals surface area contributed by atoms with Gasteiger partial charge >= 0.3 is 0 Å². The van der Waals surface area contributed by atoms with E-state index in [0.29, 0.717) is 12.1 Å². The molecule has 0 heterocycles. The van der Waals surface area contributed by atoms with Crippen molar-refractivity contribution in [3.05, 3.63) is 71.0 Å². The Bertz CT molecular complexity index is 663. The monoisotopic (exact) mass is 284 g/mol. The zero-order chi connectivity index (χ0) is 14.9. The number of amides is 1. The highest BCUT2D eigenvalue weighted by atomic mass is 19.1. The number of hydrogen-bond donors (Lipinski definition) is 2. The molecule has 0 unspecified atom stereocenters. The summed E-state index contributed by atoms with van der Waals surface area (Å²) >= 11 is 0. The predicted octanol–water partition coefficient (Wildman–Crippen LogP) is 2.70. The molecule has 0 bridgehead atoms. The lowest BCUT2D eigenvalue weighted by Gasteiger charge is -2.19. The number of carbonyl (C=O) groups excluding carboxylic acids is 1. The van der Waals surface area contributed by atoms with Crippen molar-refractivity contribution in [2.24, 2.45) is 5.73 Å². The molecule has 0 atom stereocenters. The van der Waals surface area contributed by atoms with E-state index < -0.39 is 0 Å². The van der Waals surface area contributed by atoms with Gasteiger partial charge in [-0.2, -0.15) is 0 Å². The minimum atomic E-state index is -0.355. The van der Waals surface area contributed by atoms with Crippen LogP contribution in [-0.4, -0.2) is 5.91 Å². The molecule has 0 aliphatic heterocycles. The molecule has 4 heteroatoms. The van der Waals surface area contributed by atoms with Crippen LogP contribution in [0.25, 0.3) is 0 Å². The molecule has 0 radical (unpaired) electrons. The average Bonchev–Trinajstić information content (AvgIpc) is 3.28. The fraction of sp³-hybridized carbons (Fsp3) is 0.235. The Balaban J connectivity index is 1.83. The Morgan fingerprint density at radius 3 is 2.43 bits per heavy atom. The predicted molar refractivity (Wildman–Crippen MR) is 79.1 cm³/mol. The van der Waals surface area contributed by atoms with Crippen LogP contribution in [0.2, 0.25) is 0 Å². The number of halogens is 1. The summed E-state index contributed by atoms with van der Waals surface area (Å²) in [5.41, 5.74) is 7.69.